The van der Waals surface area contributed by atoms with Crippen molar-refractivity contribution in [1.29, 1.82) is 0 Å². The second-order valence-electron chi connectivity index (χ2n) is 6.03. The quantitative estimate of drug-likeness (QED) is 0.719. The highest BCUT2D eigenvalue weighted by molar-refractivity contribution is 6.30. The van der Waals surface area contributed by atoms with Crippen molar-refractivity contribution in [2.24, 2.45) is 0 Å². The smallest absolute Gasteiger partial charge is 0.260 e. The lowest BCUT2D eigenvalue weighted by molar-refractivity contribution is -0.127. The fraction of sp³-hybridized carbons (Fsp3) is 0.471. The standard InChI is InChI=1S/C17H21ClN4O2/c1-11(24-14-5-2-4-13(18)10-14)17(23)19-9-3-6-15-20-16(22-21-15)12-7-8-12/h2,4-5,10-12H,3,6-9H2,1H3,(H,19,23)(H,20,21,22)/t11-/m0/s1. The molecule has 0 aliphatic heterocycles. The minimum absolute atomic E-state index is 0.147. The summed E-state index contributed by atoms with van der Waals surface area (Å²) >= 11 is 5.90. The molecule has 1 amide bonds. The number of nitrogens with zero attached hydrogens (tertiary/aromatic N) is 2. The number of aromatic amines is 1. The fourth-order valence-corrected chi connectivity index (χ4v) is 2.54. The maximum atomic E-state index is 12.0. The van der Waals surface area contributed by atoms with Crippen LogP contribution in [-0.4, -0.2) is 33.7 Å². The van der Waals surface area contributed by atoms with Gasteiger partial charge in [-0.15, -0.1) is 0 Å². The van der Waals surface area contributed by atoms with E-state index in [1.54, 1.807) is 31.2 Å². The maximum absolute atomic E-state index is 12.0. The summed E-state index contributed by atoms with van der Waals surface area (Å²) in [5, 5.41) is 10.6. The average Bonchev–Trinajstić information content (AvgIpc) is 3.30. The Labute approximate surface area is 146 Å². The van der Waals surface area contributed by atoms with Gasteiger partial charge in [-0.2, -0.15) is 5.10 Å². The Kier molecular flexibility index (Phi) is 5.35. The summed E-state index contributed by atoms with van der Waals surface area (Å²) in [6.07, 6.45) is 3.38. The van der Waals surface area contributed by atoms with Gasteiger partial charge in [-0.05, 0) is 44.4 Å². The zero-order chi connectivity index (χ0) is 16.9. The molecule has 1 aromatic carbocycles. The minimum atomic E-state index is -0.574. The van der Waals surface area contributed by atoms with Crippen LogP contribution in [0.4, 0.5) is 0 Å². The lowest BCUT2D eigenvalue weighted by Gasteiger charge is -2.14. The molecule has 0 saturated heterocycles. The first kappa shape index (κ1) is 16.8. The number of carbonyl (C=O) groups excluding carboxylic acids is 1. The number of aryl methyl sites for hydroxylation is 1. The summed E-state index contributed by atoms with van der Waals surface area (Å²) in [4.78, 5) is 16.5. The Bertz CT molecular complexity index is 699. The van der Waals surface area contributed by atoms with Crippen LogP contribution in [-0.2, 0) is 11.2 Å². The van der Waals surface area contributed by atoms with E-state index < -0.39 is 6.10 Å². The summed E-state index contributed by atoms with van der Waals surface area (Å²) in [5.74, 6) is 2.80. The Balaban J connectivity index is 1.36. The molecule has 3 rings (SSSR count). The van der Waals surface area contributed by atoms with Gasteiger partial charge >= 0.3 is 0 Å². The molecule has 7 heteroatoms. The van der Waals surface area contributed by atoms with Crippen LogP contribution in [0.25, 0.3) is 0 Å². The number of nitrogens with one attached hydrogen (secondary N) is 2. The third-order valence-corrected chi connectivity index (χ3v) is 4.09. The summed E-state index contributed by atoms with van der Waals surface area (Å²) < 4.78 is 5.58. The highest BCUT2D eigenvalue weighted by Gasteiger charge is 2.27. The zero-order valence-corrected chi connectivity index (χ0v) is 14.3. The van der Waals surface area contributed by atoms with Gasteiger partial charge < -0.3 is 10.1 Å². The van der Waals surface area contributed by atoms with Gasteiger partial charge in [0.2, 0.25) is 0 Å². The van der Waals surface area contributed by atoms with E-state index >= 15 is 0 Å². The van der Waals surface area contributed by atoms with Crippen LogP contribution >= 0.6 is 11.6 Å². The number of aromatic nitrogens is 3. The van der Waals surface area contributed by atoms with Crippen LogP contribution in [0.2, 0.25) is 5.02 Å². The van der Waals surface area contributed by atoms with E-state index in [0.717, 1.165) is 24.5 Å². The fourth-order valence-electron chi connectivity index (χ4n) is 2.36. The van der Waals surface area contributed by atoms with Crippen molar-refractivity contribution in [3.8, 4) is 5.75 Å². The molecule has 1 aromatic heterocycles. The van der Waals surface area contributed by atoms with Gasteiger partial charge in [-0.3, -0.25) is 9.89 Å². The van der Waals surface area contributed by atoms with E-state index in [-0.39, 0.29) is 5.91 Å². The molecule has 128 valence electrons. The van der Waals surface area contributed by atoms with Gasteiger partial charge in [0, 0.05) is 23.9 Å². The molecule has 1 aliphatic carbocycles. The molecular formula is C17H21ClN4O2. The minimum Gasteiger partial charge on any atom is -0.481 e. The van der Waals surface area contributed by atoms with Crippen molar-refractivity contribution in [2.45, 2.75) is 44.6 Å². The summed E-state index contributed by atoms with van der Waals surface area (Å²) in [6, 6.07) is 7.01. The number of halogens is 1. The Morgan fingerprint density at radius 3 is 3.08 bits per heavy atom. The average molecular weight is 349 g/mol. The van der Waals surface area contributed by atoms with Gasteiger partial charge in [0.25, 0.3) is 5.91 Å². The van der Waals surface area contributed by atoms with Gasteiger partial charge in [-0.25, -0.2) is 4.98 Å². The van der Waals surface area contributed by atoms with Gasteiger partial charge in [0.15, 0.2) is 11.9 Å². The molecule has 2 N–H and O–H groups in total. The number of rotatable bonds is 8. The molecule has 1 aliphatic rings. The summed E-state index contributed by atoms with van der Waals surface area (Å²) in [7, 11) is 0. The summed E-state index contributed by atoms with van der Waals surface area (Å²) in [5.41, 5.74) is 0. The third-order valence-electron chi connectivity index (χ3n) is 3.86. The SMILES string of the molecule is C[C@H](Oc1cccc(Cl)c1)C(=O)NCCCc1nc(C2CC2)n[nH]1. The number of amides is 1. The number of H-pyrrole nitrogens is 1. The molecule has 0 spiro atoms. The molecule has 2 aromatic rings. The zero-order valence-electron chi connectivity index (χ0n) is 13.6. The topological polar surface area (TPSA) is 79.9 Å². The maximum Gasteiger partial charge on any atom is 0.260 e. The van der Waals surface area contributed by atoms with Crippen molar-refractivity contribution < 1.29 is 9.53 Å². The van der Waals surface area contributed by atoms with Gasteiger partial charge in [0.1, 0.15) is 11.6 Å². The Morgan fingerprint density at radius 1 is 1.50 bits per heavy atom. The molecule has 0 unspecified atom stereocenters. The van der Waals surface area contributed by atoms with E-state index in [9.17, 15) is 4.79 Å². The normalized spacial score (nSPS) is 15.1. The first-order valence-corrected chi connectivity index (χ1v) is 8.60. The molecule has 0 radical (unpaired) electrons. The van der Waals surface area contributed by atoms with Crippen molar-refractivity contribution in [3.05, 3.63) is 40.9 Å². The van der Waals surface area contributed by atoms with Crippen LogP contribution < -0.4 is 10.1 Å². The number of ether oxygens (including phenoxy) is 1. The van der Waals surface area contributed by atoms with E-state index in [4.69, 9.17) is 16.3 Å². The van der Waals surface area contributed by atoms with Gasteiger partial charge in [0.05, 0.1) is 0 Å². The monoisotopic (exact) mass is 348 g/mol. The van der Waals surface area contributed by atoms with Crippen LogP contribution in [0, 0.1) is 0 Å². The highest BCUT2D eigenvalue weighted by Crippen LogP contribution is 2.37. The molecule has 1 atom stereocenters. The molecule has 1 heterocycles. The lowest BCUT2D eigenvalue weighted by atomic mass is 10.3. The summed E-state index contributed by atoms with van der Waals surface area (Å²) in [6.45, 7) is 2.29. The highest BCUT2D eigenvalue weighted by atomic mass is 35.5. The second kappa shape index (κ2) is 7.66. The number of hydrogen-bond donors (Lipinski definition) is 2. The van der Waals surface area contributed by atoms with Gasteiger partial charge in [-0.1, -0.05) is 17.7 Å². The van der Waals surface area contributed by atoms with Crippen LogP contribution in [0.1, 0.15) is 43.8 Å². The van der Waals surface area contributed by atoms with Crippen molar-refractivity contribution in [2.75, 3.05) is 6.54 Å². The first-order chi connectivity index (χ1) is 11.6. The number of benzene rings is 1. The van der Waals surface area contributed by atoms with Crippen LogP contribution in [0.15, 0.2) is 24.3 Å². The third kappa shape index (κ3) is 4.71. The number of carbonyl (C=O) groups is 1. The van der Waals surface area contributed by atoms with Crippen molar-refractivity contribution in [1.82, 2.24) is 20.5 Å². The molecule has 0 bridgehead atoms. The van der Waals surface area contributed by atoms with Crippen LogP contribution in [0.3, 0.4) is 0 Å². The molecule has 1 fully saturated rings. The van der Waals surface area contributed by atoms with E-state index in [1.807, 2.05) is 0 Å². The first-order valence-electron chi connectivity index (χ1n) is 8.23. The molecule has 1 saturated carbocycles. The number of hydrogen-bond acceptors (Lipinski definition) is 4. The molecule has 6 nitrogen and oxygen atoms in total. The van der Waals surface area contributed by atoms with E-state index in [2.05, 4.69) is 20.5 Å². The van der Waals surface area contributed by atoms with E-state index in [1.165, 1.54) is 12.8 Å². The predicted molar refractivity (Wildman–Crippen MR) is 91.2 cm³/mol. The van der Waals surface area contributed by atoms with Crippen LogP contribution in [0.5, 0.6) is 5.75 Å². The molecule has 24 heavy (non-hydrogen) atoms. The van der Waals surface area contributed by atoms with E-state index in [0.29, 0.717) is 23.2 Å². The molecular weight excluding hydrogens is 328 g/mol. The van der Waals surface area contributed by atoms with Crippen molar-refractivity contribution >= 4 is 17.5 Å². The second-order valence-corrected chi connectivity index (χ2v) is 6.46. The van der Waals surface area contributed by atoms with Crippen molar-refractivity contribution in [3.63, 3.8) is 0 Å². The lowest BCUT2D eigenvalue weighted by Crippen LogP contribution is -2.36. The predicted octanol–water partition coefficient (Wildman–Crippen LogP) is 2.85. The Hall–Kier alpha value is -2.08. The Morgan fingerprint density at radius 2 is 2.33 bits per heavy atom. The largest absolute Gasteiger partial charge is 0.481 e.